The molecule has 0 saturated heterocycles. The van der Waals surface area contributed by atoms with E-state index in [0.717, 1.165) is 30.0 Å². The van der Waals surface area contributed by atoms with E-state index < -0.39 is 0 Å². The Morgan fingerprint density at radius 1 is 1.50 bits per heavy atom. The third-order valence-electron chi connectivity index (χ3n) is 2.25. The Hall–Kier alpha value is -1.58. The van der Waals surface area contributed by atoms with Crippen LogP contribution in [-0.2, 0) is 6.54 Å². The van der Waals surface area contributed by atoms with Gasteiger partial charge >= 0.3 is 0 Å². The largest absolute Gasteiger partial charge is 0.439 e. The second-order valence-corrected chi connectivity index (χ2v) is 3.01. The first-order valence-corrected chi connectivity index (χ1v) is 3.97. The Labute approximate surface area is 68.9 Å². The van der Waals surface area contributed by atoms with Gasteiger partial charge in [-0.25, -0.2) is 0 Å². The summed E-state index contributed by atoms with van der Waals surface area (Å²) in [6.45, 7) is 1.99. The standard InChI is InChI=1S/C8H9N3O/c9-7-3-5-6(12-7)4-8-10-1-2-11(5)8/h3-4,10H,1-2,9H2. The highest BCUT2D eigenvalue weighted by Gasteiger charge is 2.16. The number of nitrogens with zero attached hydrogens (tertiary/aromatic N) is 1. The minimum absolute atomic E-state index is 0.488. The van der Waals surface area contributed by atoms with Crippen molar-refractivity contribution in [2.24, 2.45) is 0 Å². The maximum Gasteiger partial charge on any atom is 0.193 e. The summed E-state index contributed by atoms with van der Waals surface area (Å²) in [5, 5.41) is 3.26. The first-order chi connectivity index (χ1) is 5.84. The molecule has 0 saturated carbocycles. The molecule has 1 aliphatic rings. The molecule has 0 aliphatic carbocycles. The SMILES string of the molecule is Nc1cc2c(cc3n2CCN3)o1. The summed E-state index contributed by atoms with van der Waals surface area (Å²) < 4.78 is 7.46. The molecule has 0 aromatic carbocycles. The van der Waals surface area contributed by atoms with E-state index in [9.17, 15) is 0 Å². The molecule has 0 radical (unpaired) electrons. The Kier molecular flexibility index (Phi) is 0.885. The number of fused-ring (bicyclic) bond motifs is 3. The van der Waals surface area contributed by atoms with Gasteiger partial charge in [0.05, 0.1) is 5.52 Å². The molecule has 0 amide bonds. The van der Waals surface area contributed by atoms with Gasteiger partial charge in [-0.1, -0.05) is 0 Å². The fraction of sp³-hybridized carbons (Fsp3) is 0.250. The third kappa shape index (κ3) is 0.574. The molecule has 4 heteroatoms. The van der Waals surface area contributed by atoms with Crippen molar-refractivity contribution in [2.45, 2.75) is 6.54 Å². The molecule has 4 nitrogen and oxygen atoms in total. The molecule has 62 valence electrons. The number of aromatic nitrogens is 1. The number of furan rings is 1. The second-order valence-electron chi connectivity index (χ2n) is 3.01. The Bertz CT molecular complexity index is 440. The Morgan fingerprint density at radius 2 is 2.42 bits per heavy atom. The highest BCUT2D eigenvalue weighted by Crippen LogP contribution is 2.29. The zero-order valence-electron chi connectivity index (χ0n) is 6.50. The Morgan fingerprint density at radius 3 is 3.33 bits per heavy atom. The fourth-order valence-corrected chi connectivity index (χ4v) is 1.74. The smallest absolute Gasteiger partial charge is 0.193 e. The van der Waals surface area contributed by atoms with Gasteiger partial charge in [-0.3, -0.25) is 0 Å². The third-order valence-corrected chi connectivity index (χ3v) is 2.25. The van der Waals surface area contributed by atoms with Crippen molar-refractivity contribution < 1.29 is 4.42 Å². The average molecular weight is 163 g/mol. The van der Waals surface area contributed by atoms with Crippen LogP contribution in [0, 0.1) is 0 Å². The van der Waals surface area contributed by atoms with E-state index in [1.165, 1.54) is 0 Å². The molecule has 3 rings (SSSR count). The van der Waals surface area contributed by atoms with E-state index in [2.05, 4.69) is 9.88 Å². The van der Waals surface area contributed by atoms with E-state index >= 15 is 0 Å². The van der Waals surface area contributed by atoms with Crippen LogP contribution in [0.1, 0.15) is 0 Å². The van der Waals surface area contributed by atoms with Crippen molar-refractivity contribution >= 4 is 22.8 Å². The van der Waals surface area contributed by atoms with Crippen molar-refractivity contribution in [1.82, 2.24) is 4.57 Å². The average Bonchev–Trinajstić information content (AvgIpc) is 2.59. The summed E-state index contributed by atoms with van der Waals surface area (Å²) in [5.74, 6) is 1.62. The van der Waals surface area contributed by atoms with Crippen LogP contribution in [0.15, 0.2) is 16.5 Å². The van der Waals surface area contributed by atoms with Crippen molar-refractivity contribution in [3.8, 4) is 0 Å². The van der Waals surface area contributed by atoms with Gasteiger partial charge in [-0.2, -0.15) is 0 Å². The maximum atomic E-state index is 5.53. The molecule has 0 spiro atoms. The van der Waals surface area contributed by atoms with Crippen molar-refractivity contribution in [3.63, 3.8) is 0 Å². The molecule has 2 aromatic heterocycles. The van der Waals surface area contributed by atoms with Crippen molar-refractivity contribution in [1.29, 1.82) is 0 Å². The first-order valence-electron chi connectivity index (χ1n) is 3.97. The van der Waals surface area contributed by atoms with Crippen LogP contribution in [0.4, 0.5) is 11.7 Å². The molecule has 0 atom stereocenters. The predicted molar refractivity (Wildman–Crippen MR) is 47.1 cm³/mol. The molecule has 1 aliphatic heterocycles. The van der Waals surface area contributed by atoms with Gasteiger partial charge in [0.2, 0.25) is 0 Å². The lowest BCUT2D eigenvalue weighted by molar-refractivity contribution is 0.637. The van der Waals surface area contributed by atoms with Crippen molar-refractivity contribution in [2.75, 3.05) is 17.6 Å². The molecule has 3 heterocycles. The van der Waals surface area contributed by atoms with E-state index in [4.69, 9.17) is 10.2 Å². The van der Waals surface area contributed by atoms with Crippen LogP contribution >= 0.6 is 0 Å². The van der Waals surface area contributed by atoms with Crippen LogP contribution in [-0.4, -0.2) is 11.1 Å². The van der Waals surface area contributed by atoms with Gasteiger partial charge in [0.15, 0.2) is 11.5 Å². The summed E-state index contributed by atoms with van der Waals surface area (Å²) in [6.07, 6.45) is 0. The molecule has 0 bridgehead atoms. The zero-order valence-corrected chi connectivity index (χ0v) is 6.50. The van der Waals surface area contributed by atoms with Gasteiger partial charge in [0.1, 0.15) is 5.82 Å². The van der Waals surface area contributed by atoms with Crippen LogP contribution in [0.3, 0.4) is 0 Å². The van der Waals surface area contributed by atoms with E-state index in [1.807, 2.05) is 12.1 Å². The number of rotatable bonds is 0. The van der Waals surface area contributed by atoms with E-state index in [0.29, 0.717) is 5.88 Å². The van der Waals surface area contributed by atoms with Gasteiger partial charge in [-0.15, -0.1) is 0 Å². The van der Waals surface area contributed by atoms with Gasteiger partial charge < -0.3 is 20.0 Å². The normalized spacial score (nSPS) is 15.0. The number of hydrogen-bond acceptors (Lipinski definition) is 3. The Balaban J connectivity index is 2.40. The highest BCUT2D eigenvalue weighted by atomic mass is 16.3. The summed E-state index contributed by atoms with van der Waals surface area (Å²) in [5.41, 5.74) is 7.49. The van der Waals surface area contributed by atoms with Gasteiger partial charge in [0.25, 0.3) is 0 Å². The van der Waals surface area contributed by atoms with E-state index in [-0.39, 0.29) is 0 Å². The summed E-state index contributed by atoms with van der Waals surface area (Å²) in [6, 6.07) is 3.85. The molecule has 2 aromatic rings. The summed E-state index contributed by atoms with van der Waals surface area (Å²) in [4.78, 5) is 0. The minimum atomic E-state index is 0.488. The molecular formula is C8H9N3O. The number of nitrogens with one attached hydrogen (secondary N) is 1. The monoisotopic (exact) mass is 163 g/mol. The number of anilines is 2. The lowest BCUT2D eigenvalue weighted by atomic mass is 10.4. The topological polar surface area (TPSA) is 56.1 Å². The number of nitrogen functional groups attached to an aromatic ring is 1. The fourth-order valence-electron chi connectivity index (χ4n) is 1.74. The summed E-state index contributed by atoms with van der Waals surface area (Å²) in [7, 11) is 0. The van der Waals surface area contributed by atoms with Crippen LogP contribution < -0.4 is 11.1 Å². The van der Waals surface area contributed by atoms with Crippen molar-refractivity contribution in [3.05, 3.63) is 12.1 Å². The van der Waals surface area contributed by atoms with Crippen LogP contribution in [0.25, 0.3) is 11.1 Å². The lowest BCUT2D eigenvalue weighted by Gasteiger charge is -1.92. The predicted octanol–water partition coefficient (Wildman–Crippen LogP) is 1.24. The molecule has 3 N–H and O–H groups in total. The lowest BCUT2D eigenvalue weighted by Crippen LogP contribution is -1.93. The quantitative estimate of drug-likeness (QED) is 0.614. The van der Waals surface area contributed by atoms with Gasteiger partial charge in [0, 0.05) is 25.2 Å². The zero-order chi connectivity index (χ0) is 8.13. The first kappa shape index (κ1) is 5.99. The molecule has 0 fully saturated rings. The molecule has 12 heavy (non-hydrogen) atoms. The molecular weight excluding hydrogens is 154 g/mol. The number of hydrogen-bond donors (Lipinski definition) is 2. The summed E-state index contributed by atoms with van der Waals surface area (Å²) >= 11 is 0. The van der Waals surface area contributed by atoms with Crippen LogP contribution in [0.2, 0.25) is 0 Å². The maximum absolute atomic E-state index is 5.53. The van der Waals surface area contributed by atoms with E-state index in [1.54, 1.807) is 0 Å². The van der Waals surface area contributed by atoms with Gasteiger partial charge in [-0.05, 0) is 0 Å². The minimum Gasteiger partial charge on any atom is -0.439 e. The molecule has 0 unspecified atom stereocenters. The number of nitrogens with two attached hydrogens (primary N) is 1. The highest BCUT2D eigenvalue weighted by molar-refractivity contribution is 5.83. The second kappa shape index (κ2) is 1.77. The van der Waals surface area contributed by atoms with Crippen LogP contribution in [0.5, 0.6) is 0 Å².